The minimum Gasteiger partial charge on any atom is -0.383 e. The molecule has 0 radical (unpaired) electrons. The SMILES string of the molecule is Cc1nccn1[C@H](C)CC(=O)NCCc1nc(N)cc(=O)[nH]1. The molecular weight excluding hydrogens is 284 g/mol. The monoisotopic (exact) mass is 304 g/mol. The topological polar surface area (TPSA) is 119 Å². The first-order valence-corrected chi connectivity index (χ1v) is 7.07. The summed E-state index contributed by atoms with van der Waals surface area (Å²) < 4.78 is 1.95. The van der Waals surface area contributed by atoms with Crippen molar-refractivity contribution in [1.29, 1.82) is 0 Å². The maximum atomic E-state index is 11.9. The molecule has 118 valence electrons. The average molecular weight is 304 g/mol. The Hall–Kier alpha value is -2.64. The van der Waals surface area contributed by atoms with Crippen LogP contribution in [0.15, 0.2) is 23.3 Å². The first kappa shape index (κ1) is 15.7. The molecule has 2 aromatic rings. The quantitative estimate of drug-likeness (QED) is 0.703. The van der Waals surface area contributed by atoms with Gasteiger partial charge in [-0.1, -0.05) is 0 Å². The lowest BCUT2D eigenvalue weighted by Crippen LogP contribution is -2.28. The van der Waals surface area contributed by atoms with Crippen LogP contribution in [0.1, 0.15) is 31.0 Å². The summed E-state index contributed by atoms with van der Waals surface area (Å²) in [6.45, 7) is 4.25. The lowest BCUT2D eigenvalue weighted by atomic mass is 10.2. The number of anilines is 1. The number of imidazole rings is 1. The summed E-state index contributed by atoms with van der Waals surface area (Å²) in [4.78, 5) is 33.9. The van der Waals surface area contributed by atoms with E-state index in [-0.39, 0.29) is 23.3 Å². The van der Waals surface area contributed by atoms with E-state index in [1.165, 1.54) is 6.07 Å². The van der Waals surface area contributed by atoms with Gasteiger partial charge in [0.05, 0.1) is 0 Å². The molecule has 0 aliphatic heterocycles. The van der Waals surface area contributed by atoms with E-state index in [0.29, 0.717) is 25.2 Å². The molecular formula is C14H20N6O2. The van der Waals surface area contributed by atoms with Crippen molar-refractivity contribution in [2.75, 3.05) is 12.3 Å². The van der Waals surface area contributed by atoms with Crippen LogP contribution in [0.4, 0.5) is 5.82 Å². The zero-order valence-corrected chi connectivity index (χ0v) is 12.7. The van der Waals surface area contributed by atoms with Crippen LogP contribution in [0.2, 0.25) is 0 Å². The summed E-state index contributed by atoms with van der Waals surface area (Å²) in [5.41, 5.74) is 5.20. The lowest BCUT2D eigenvalue weighted by Gasteiger charge is -2.14. The Balaban J connectivity index is 1.80. The molecule has 1 amide bonds. The number of hydrogen-bond acceptors (Lipinski definition) is 5. The fourth-order valence-electron chi connectivity index (χ4n) is 2.26. The van der Waals surface area contributed by atoms with Gasteiger partial charge >= 0.3 is 0 Å². The predicted molar refractivity (Wildman–Crippen MR) is 82.3 cm³/mol. The number of nitrogens with two attached hydrogens (primary N) is 1. The van der Waals surface area contributed by atoms with Crippen LogP contribution in [0.25, 0.3) is 0 Å². The molecule has 0 spiro atoms. The number of hydrogen-bond donors (Lipinski definition) is 3. The highest BCUT2D eigenvalue weighted by molar-refractivity contribution is 5.76. The van der Waals surface area contributed by atoms with Gasteiger partial charge in [0.15, 0.2) is 0 Å². The number of aromatic amines is 1. The number of rotatable bonds is 6. The Morgan fingerprint density at radius 1 is 1.55 bits per heavy atom. The van der Waals surface area contributed by atoms with E-state index in [2.05, 4.69) is 20.3 Å². The van der Waals surface area contributed by atoms with Crippen molar-refractivity contribution in [3.8, 4) is 0 Å². The maximum absolute atomic E-state index is 11.9. The average Bonchev–Trinajstić information content (AvgIpc) is 2.83. The van der Waals surface area contributed by atoms with Gasteiger partial charge < -0.3 is 20.6 Å². The van der Waals surface area contributed by atoms with Crippen molar-refractivity contribution in [3.63, 3.8) is 0 Å². The number of H-pyrrole nitrogens is 1. The number of nitrogens with zero attached hydrogens (tertiary/aromatic N) is 3. The summed E-state index contributed by atoms with van der Waals surface area (Å²) in [6, 6.07) is 1.25. The van der Waals surface area contributed by atoms with Gasteiger partial charge in [-0.25, -0.2) is 9.97 Å². The highest BCUT2D eigenvalue weighted by Gasteiger charge is 2.12. The molecule has 0 fully saturated rings. The Morgan fingerprint density at radius 2 is 2.32 bits per heavy atom. The van der Waals surface area contributed by atoms with E-state index in [1.54, 1.807) is 6.20 Å². The van der Waals surface area contributed by atoms with Crippen LogP contribution >= 0.6 is 0 Å². The smallest absolute Gasteiger partial charge is 0.252 e. The van der Waals surface area contributed by atoms with Crippen LogP contribution in [0.5, 0.6) is 0 Å². The second-order valence-corrected chi connectivity index (χ2v) is 5.15. The van der Waals surface area contributed by atoms with Crippen LogP contribution in [-0.2, 0) is 11.2 Å². The molecule has 8 nitrogen and oxygen atoms in total. The molecule has 1 atom stereocenters. The van der Waals surface area contributed by atoms with Crippen LogP contribution in [-0.4, -0.2) is 32.0 Å². The third kappa shape index (κ3) is 4.18. The summed E-state index contributed by atoms with van der Waals surface area (Å²) in [7, 11) is 0. The van der Waals surface area contributed by atoms with Gasteiger partial charge in [0.1, 0.15) is 17.5 Å². The molecule has 2 aromatic heterocycles. The van der Waals surface area contributed by atoms with Crippen molar-refractivity contribution in [2.45, 2.75) is 32.7 Å². The number of amides is 1. The fourth-order valence-corrected chi connectivity index (χ4v) is 2.26. The van der Waals surface area contributed by atoms with Gasteiger partial charge in [-0.05, 0) is 13.8 Å². The normalized spacial score (nSPS) is 12.1. The maximum Gasteiger partial charge on any atom is 0.252 e. The van der Waals surface area contributed by atoms with Crippen LogP contribution in [0, 0.1) is 6.92 Å². The molecule has 8 heteroatoms. The second-order valence-electron chi connectivity index (χ2n) is 5.15. The molecule has 0 bridgehead atoms. The van der Waals surface area contributed by atoms with E-state index in [1.807, 2.05) is 24.6 Å². The number of nitrogen functional groups attached to an aromatic ring is 1. The molecule has 0 saturated heterocycles. The number of aromatic nitrogens is 4. The van der Waals surface area contributed by atoms with Crippen molar-refractivity contribution >= 4 is 11.7 Å². The van der Waals surface area contributed by atoms with Gasteiger partial charge in [-0.2, -0.15) is 0 Å². The Kier molecular flexibility index (Phi) is 4.92. The van der Waals surface area contributed by atoms with Gasteiger partial charge in [0, 0.05) is 43.9 Å². The van der Waals surface area contributed by atoms with E-state index in [0.717, 1.165) is 5.82 Å². The lowest BCUT2D eigenvalue weighted by molar-refractivity contribution is -0.121. The Bertz CT molecular complexity index is 705. The third-order valence-electron chi connectivity index (χ3n) is 3.31. The minimum atomic E-state index is -0.293. The highest BCUT2D eigenvalue weighted by Crippen LogP contribution is 2.12. The largest absolute Gasteiger partial charge is 0.383 e. The van der Waals surface area contributed by atoms with E-state index < -0.39 is 0 Å². The molecule has 2 rings (SSSR count). The summed E-state index contributed by atoms with van der Waals surface area (Å²) in [5, 5.41) is 2.81. The van der Waals surface area contributed by atoms with Gasteiger partial charge in [-0.15, -0.1) is 0 Å². The third-order valence-corrected chi connectivity index (χ3v) is 3.31. The molecule has 22 heavy (non-hydrogen) atoms. The number of carbonyl (C=O) groups is 1. The summed E-state index contributed by atoms with van der Waals surface area (Å²) in [6.07, 6.45) is 4.35. The second kappa shape index (κ2) is 6.88. The van der Waals surface area contributed by atoms with Crippen LogP contribution in [0.3, 0.4) is 0 Å². The highest BCUT2D eigenvalue weighted by atomic mass is 16.1. The number of nitrogens with one attached hydrogen (secondary N) is 2. The molecule has 0 unspecified atom stereocenters. The number of aryl methyl sites for hydroxylation is 1. The first-order chi connectivity index (χ1) is 10.5. The van der Waals surface area contributed by atoms with Gasteiger partial charge in [0.25, 0.3) is 5.56 Å². The predicted octanol–water partition coefficient (Wildman–Crippen LogP) is 0.167. The van der Waals surface area contributed by atoms with Crippen LogP contribution < -0.4 is 16.6 Å². The molecule has 0 aliphatic rings. The molecule has 0 aliphatic carbocycles. The molecule has 0 aromatic carbocycles. The Labute approximate surface area is 127 Å². The molecule has 2 heterocycles. The summed E-state index contributed by atoms with van der Waals surface area (Å²) in [5.74, 6) is 1.45. The van der Waals surface area contributed by atoms with Crippen molar-refractivity contribution in [1.82, 2.24) is 24.8 Å². The van der Waals surface area contributed by atoms with E-state index in [4.69, 9.17) is 5.73 Å². The molecule has 0 saturated carbocycles. The minimum absolute atomic E-state index is 0.0350. The zero-order chi connectivity index (χ0) is 16.1. The van der Waals surface area contributed by atoms with Crippen molar-refractivity contribution < 1.29 is 4.79 Å². The summed E-state index contributed by atoms with van der Waals surface area (Å²) >= 11 is 0. The van der Waals surface area contributed by atoms with E-state index in [9.17, 15) is 9.59 Å². The van der Waals surface area contributed by atoms with Gasteiger partial charge in [-0.3, -0.25) is 9.59 Å². The zero-order valence-electron chi connectivity index (χ0n) is 12.7. The number of carbonyl (C=O) groups excluding carboxylic acids is 1. The van der Waals surface area contributed by atoms with Crippen molar-refractivity contribution in [2.24, 2.45) is 0 Å². The van der Waals surface area contributed by atoms with Gasteiger partial charge in [0.2, 0.25) is 5.91 Å². The first-order valence-electron chi connectivity index (χ1n) is 7.07. The fraction of sp³-hybridized carbons (Fsp3) is 0.429. The Morgan fingerprint density at radius 3 is 2.95 bits per heavy atom. The standard InChI is InChI=1S/C14H20N6O2/c1-9(20-6-5-16-10(20)2)7-13(21)17-4-3-12-18-11(15)8-14(22)19-12/h5-6,8-9H,3-4,7H2,1-2H3,(H,17,21)(H3,15,18,19,22)/t9-/m1/s1. The van der Waals surface area contributed by atoms with Crippen molar-refractivity contribution in [3.05, 3.63) is 40.5 Å². The van der Waals surface area contributed by atoms with E-state index >= 15 is 0 Å². The molecule has 4 N–H and O–H groups in total.